The van der Waals surface area contributed by atoms with Gasteiger partial charge in [-0.1, -0.05) is 6.92 Å². The number of imidazole rings is 1. The first-order valence-corrected chi connectivity index (χ1v) is 7.71. The number of rotatable bonds is 8. The number of nitrogens with two attached hydrogens (primary N) is 2. The van der Waals surface area contributed by atoms with Gasteiger partial charge in [0.1, 0.15) is 17.9 Å². The highest BCUT2D eigenvalue weighted by Gasteiger charge is 2.24. The van der Waals surface area contributed by atoms with E-state index in [0.29, 0.717) is 24.1 Å². The predicted octanol–water partition coefficient (Wildman–Crippen LogP) is -0.893. The van der Waals surface area contributed by atoms with Crippen LogP contribution in [0.4, 0.5) is 5.82 Å². The van der Waals surface area contributed by atoms with Gasteiger partial charge in [-0.05, 0) is 6.42 Å². The van der Waals surface area contributed by atoms with Gasteiger partial charge in [-0.15, -0.1) is 0 Å². The summed E-state index contributed by atoms with van der Waals surface area (Å²) in [7, 11) is 0. The molecule has 0 bridgehead atoms. The smallest absolute Gasteiger partial charge is 0.303 e. The van der Waals surface area contributed by atoms with E-state index in [4.69, 9.17) is 26.4 Å². The van der Waals surface area contributed by atoms with Crippen molar-refractivity contribution in [2.75, 3.05) is 25.5 Å². The molecule has 0 spiro atoms. The molecule has 0 aromatic carbocycles. The number of aromatic nitrogens is 4. The molecule has 7 N–H and O–H groups in total. The molecule has 2 aromatic rings. The molecule has 2 aromatic heterocycles. The van der Waals surface area contributed by atoms with Gasteiger partial charge in [-0.3, -0.25) is 9.36 Å². The highest BCUT2D eigenvalue weighted by Crippen LogP contribution is 2.21. The maximum Gasteiger partial charge on any atom is 0.303 e. The van der Waals surface area contributed by atoms with Crippen molar-refractivity contribution in [1.29, 1.82) is 0 Å². The SMILES string of the molecule is CCCC(=O)O.NCCOC([C@@H](O)CO)n1cnc2c(N)ncnc21. The third-order valence-corrected chi connectivity index (χ3v) is 3.05. The number of hydrogen-bond donors (Lipinski definition) is 5. The molecule has 2 rings (SSSR count). The number of carboxylic acid groups (broad SMARTS) is 1. The number of aliphatic hydroxyl groups is 2. The summed E-state index contributed by atoms with van der Waals surface area (Å²) in [6, 6.07) is 0. The molecule has 25 heavy (non-hydrogen) atoms. The lowest BCUT2D eigenvalue weighted by molar-refractivity contribution is -0.137. The number of aliphatic carboxylic acids is 1. The van der Waals surface area contributed by atoms with Crippen LogP contribution in [0.15, 0.2) is 12.7 Å². The number of aliphatic hydroxyl groups excluding tert-OH is 2. The zero-order valence-electron chi connectivity index (χ0n) is 13.9. The van der Waals surface area contributed by atoms with E-state index < -0.39 is 24.9 Å². The van der Waals surface area contributed by atoms with E-state index in [1.807, 2.05) is 6.92 Å². The van der Waals surface area contributed by atoms with Gasteiger partial charge < -0.3 is 31.5 Å². The lowest BCUT2D eigenvalue weighted by Gasteiger charge is -2.23. The van der Waals surface area contributed by atoms with Crippen LogP contribution in [-0.2, 0) is 9.53 Å². The van der Waals surface area contributed by atoms with Gasteiger partial charge in [-0.25, -0.2) is 15.0 Å². The number of nitrogen functional groups attached to an aromatic ring is 1. The standard InChI is InChI=1S/C10H16N6O3.C4H8O2/c11-1-2-19-10(6(18)3-17)16-5-15-7-8(12)13-4-14-9(7)16;1-2-3-4(5)6/h4-6,10,17-18H,1-3,11H2,(H2,12,13,14);2-3H2,1H3,(H,5,6)/t6-,10?;/m0./s1. The normalized spacial score (nSPS) is 13.1. The molecule has 0 amide bonds. The first-order valence-electron chi connectivity index (χ1n) is 7.71. The van der Waals surface area contributed by atoms with Crippen molar-refractivity contribution in [3.05, 3.63) is 12.7 Å². The van der Waals surface area contributed by atoms with Crippen LogP contribution >= 0.6 is 0 Å². The van der Waals surface area contributed by atoms with Crippen LogP contribution in [-0.4, -0.2) is 66.7 Å². The van der Waals surface area contributed by atoms with Gasteiger partial charge >= 0.3 is 5.97 Å². The summed E-state index contributed by atoms with van der Waals surface area (Å²) in [5, 5.41) is 26.8. The van der Waals surface area contributed by atoms with Crippen LogP contribution < -0.4 is 11.5 Å². The molecule has 2 atom stereocenters. The van der Waals surface area contributed by atoms with Crippen LogP contribution in [0.5, 0.6) is 0 Å². The summed E-state index contributed by atoms with van der Waals surface area (Å²) < 4.78 is 6.91. The van der Waals surface area contributed by atoms with Crippen molar-refractivity contribution in [3.8, 4) is 0 Å². The molecule has 0 saturated carbocycles. The van der Waals surface area contributed by atoms with Crippen LogP contribution in [0, 0.1) is 0 Å². The Morgan fingerprint density at radius 2 is 2.12 bits per heavy atom. The summed E-state index contributed by atoms with van der Waals surface area (Å²) >= 11 is 0. The Kier molecular flexibility index (Phi) is 8.70. The van der Waals surface area contributed by atoms with E-state index in [0.717, 1.165) is 6.42 Å². The van der Waals surface area contributed by atoms with Crippen LogP contribution in [0.3, 0.4) is 0 Å². The lowest BCUT2D eigenvalue weighted by Crippen LogP contribution is -2.31. The number of anilines is 1. The van der Waals surface area contributed by atoms with Crippen molar-refractivity contribution in [2.45, 2.75) is 32.1 Å². The zero-order chi connectivity index (χ0) is 18.8. The van der Waals surface area contributed by atoms with Crippen LogP contribution in [0.25, 0.3) is 11.2 Å². The van der Waals surface area contributed by atoms with E-state index in [1.54, 1.807) is 0 Å². The second-order valence-corrected chi connectivity index (χ2v) is 5.03. The van der Waals surface area contributed by atoms with E-state index in [-0.39, 0.29) is 12.4 Å². The van der Waals surface area contributed by atoms with Crippen molar-refractivity contribution >= 4 is 23.0 Å². The molecule has 2 heterocycles. The van der Waals surface area contributed by atoms with E-state index in [2.05, 4.69) is 15.0 Å². The first kappa shape index (κ1) is 20.7. The summed E-state index contributed by atoms with van der Waals surface area (Å²) in [6.07, 6.45) is 1.78. The van der Waals surface area contributed by atoms with Crippen molar-refractivity contribution < 1.29 is 24.9 Å². The maximum absolute atomic E-state index is 9.81. The van der Waals surface area contributed by atoms with Gasteiger partial charge in [0.2, 0.25) is 0 Å². The minimum Gasteiger partial charge on any atom is -0.481 e. The Labute approximate surface area is 144 Å². The third kappa shape index (κ3) is 5.90. The van der Waals surface area contributed by atoms with Gasteiger partial charge in [0.05, 0.1) is 19.5 Å². The molecular formula is C14H24N6O5. The Morgan fingerprint density at radius 3 is 2.64 bits per heavy atom. The number of ether oxygens (including phenoxy) is 1. The Hall–Kier alpha value is -2.34. The van der Waals surface area contributed by atoms with E-state index in [1.165, 1.54) is 17.2 Å². The lowest BCUT2D eigenvalue weighted by atomic mass is 10.3. The monoisotopic (exact) mass is 356 g/mol. The average molecular weight is 356 g/mol. The molecule has 11 nitrogen and oxygen atoms in total. The largest absolute Gasteiger partial charge is 0.481 e. The van der Waals surface area contributed by atoms with Gasteiger partial charge in [0, 0.05) is 13.0 Å². The van der Waals surface area contributed by atoms with Gasteiger partial charge in [0.25, 0.3) is 0 Å². The fourth-order valence-corrected chi connectivity index (χ4v) is 1.93. The highest BCUT2D eigenvalue weighted by atomic mass is 16.5. The summed E-state index contributed by atoms with van der Waals surface area (Å²) in [6.45, 7) is 1.89. The second-order valence-electron chi connectivity index (χ2n) is 5.03. The summed E-state index contributed by atoms with van der Waals surface area (Å²) in [4.78, 5) is 21.6. The minimum absolute atomic E-state index is 0.224. The predicted molar refractivity (Wildman–Crippen MR) is 89.4 cm³/mol. The number of nitrogens with zero attached hydrogens (tertiary/aromatic N) is 4. The molecule has 0 saturated heterocycles. The summed E-state index contributed by atoms with van der Waals surface area (Å²) in [5.74, 6) is -0.475. The Morgan fingerprint density at radius 1 is 1.40 bits per heavy atom. The molecule has 1 unspecified atom stereocenters. The van der Waals surface area contributed by atoms with Crippen molar-refractivity contribution in [2.24, 2.45) is 5.73 Å². The maximum atomic E-state index is 9.81. The van der Waals surface area contributed by atoms with E-state index in [9.17, 15) is 9.90 Å². The van der Waals surface area contributed by atoms with E-state index >= 15 is 0 Å². The molecule has 0 radical (unpaired) electrons. The molecule has 11 heteroatoms. The number of carbonyl (C=O) groups is 1. The van der Waals surface area contributed by atoms with Crippen molar-refractivity contribution in [3.63, 3.8) is 0 Å². The Bertz CT molecular complexity index is 664. The summed E-state index contributed by atoms with van der Waals surface area (Å²) in [5.41, 5.74) is 11.9. The molecule has 0 fully saturated rings. The third-order valence-electron chi connectivity index (χ3n) is 3.05. The molecule has 140 valence electrons. The first-order chi connectivity index (χ1) is 12.0. The molecule has 0 aliphatic heterocycles. The van der Waals surface area contributed by atoms with Crippen LogP contribution in [0.1, 0.15) is 26.0 Å². The van der Waals surface area contributed by atoms with Gasteiger partial charge in [-0.2, -0.15) is 0 Å². The minimum atomic E-state index is -1.12. The van der Waals surface area contributed by atoms with Crippen molar-refractivity contribution in [1.82, 2.24) is 19.5 Å². The highest BCUT2D eigenvalue weighted by molar-refractivity contribution is 5.81. The number of carboxylic acids is 1. The fraction of sp³-hybridized carbons (Fsp3) is 0.571. The molecule has 0 aliphatic rings. The molecule has 0 aliphatic carbocycles. The number of hydrogen-bond acceptors (Lipinski definition) is 9. The van der Waals surface area contributed by atoms with Crippen LogP contribution in [0.2, 0.25) is 0 Å². The Balaban J connectivity index is 0.000000450. The quantitative estimate of drug-likeness (QED) is 0.397. The average Bonchev–Trinajstić information content (AvgIpc) is 3.01. The number of fused-ring (bicyclic) bond motifs is 1. The van der Waals surface area contributed by atoms with Gasteiger partial charge in [0.15, 0.2) is 17.7 Å². The molecular weight excluding hydrogens is 332 g/mol. The second kappa shape index (κ2) is 10.5. The zero-order valence-corrected chi connectivity index (χ0v) is 13.9. The topological polar surface area (TPSA) is 183 Å². The fourth-order valence-electron chi connectivity index (χ4n) is 1.93.